The van der Waals surface area contributed by atoms with Crippen molar-refractivity contribution in [2.24, 2.45) is 5.41 Å². The summed E-state index contributed by atoms with van der Waals surface area (Å²) in [5.41, 5.74) is -0.799. The van der Waals surface area contributed by atoms with Crippen molar-refractivity contribution in [1.82, 2.24) is 0 Å². The number of hydrogen-bond acceptors (Lipinski definition) is 5. The van der Waals surface area contributed by atoms with Crippen molar-refractivity contribution in [3.05, 3.63) is 46.0 Å². The summed E-state index contributed by atoms with van der Waals surface area (Å²) in [5.74, 6) is -1.67. The van der Waals surface area contributed by atoms with Crippen LogP contribution in [-0.2, 0) is 14.3 Å². The van der Waals surface area contributed by atoms with Crippen LogP contribution in [-0.4, -0.2) is 29.8 Å². The van der Waals surface area contributed by atoms with Gasteiger partial charge in [0.1, 0.15) is 5.41 Å². The highest BCUT2D eigenvalue weighted by Crippen LogP contribution is 2.47. The van der Waals surface area contributed by atoms with E-state index in [0.29, 0.717) is 18.4 Å². The monoisotopic (exact) mass is 305 g/mol. The van der Waals surface area contributed by atoms with Crippen molar-refractivity contribution in [3.63, 3.8) is 0 Å². The first-order valence-electron chi connectivity index (χ1n) is 7.39. The highest BCUT2D eigenvalue weighted by atomic mass is 16.6. The molecule has 22 heavy (non-hydrogen) atoms. The summed E-state index contributed by atoms with van der Waals surface area (Å²) >= 11 is 0. The number of benzene rings is 1. The Hall–Kier alpha value is -2.24. The smallest absolute Gasteiger partial charge is 0.320 e. The molecule has 0 aliphatic heterocycles. The van der Waals surface area contributed by atoms with E-state index >= 15 is 0 Å². The molecule has 0 radical (unpaired) electrons. The summed E-state index contributed by atoms with van der Waals surface area (Å²) in [5, 5.41) is 11.1. The van der Waals surface area contributed by atoms with E-state index < -0.39 is 28.8 Å². The van der Waals surface area contributed by atoms with Gasteiger partial charge >= 0.3 is 5.97 Å². The molecule has 0 aromatic heterocycles. The number of carbonyl (C=O) groups excluding carboxylic acids is 2. The van der Waals surface area contributed by atoms with E-state index in [9.17, 15) is 19.7 Å². The molecule has 1 aromatic rings. The van der Waals surface area contributed by atoms with Crippen molar-refractivity contribution in [1.29, 1.82) is 0 Å². The lowest BCUT2D eigenvalue weighted by molar-refractivity contribution is -0.485. The largest absolute Gasteiger partial charge is 0.465 e. The van der Waals surface area contributed by atoms with E-state index in [1.54, 1.807) is 37.3 Å². The first kappa shape index (κ1) is 16.1. The van der Waals surface area contributed by atoms with Crippen molar-refractivity contribution >= 4 is 11.8 Å². The first-order valence-corrected chi connectivity index (χ1v) is 7.39. The fraction of sp³-hybridized carbons (Fsp3) is 0.500. The molecule has 1 fully saturated rings. The molecular formula is C16H19NO5. The van der Waals surface area contributed by atoms with Gasteiger partial charge in [-0.1, -0.05) is 30.3 Å². The van der Waals surface area contributed by atoms with Gasteiger partial charge in [0.25, 0.3) is 0 Å². The zero-order valence-electron chi connectivity index (χ0n) is 12.5. The van der Waals surface area contributed by atoms with Gasteiger partial charge in [0, 0.05) is 11.3 Å². The van der Waals surface area contributed by atoms with E-state index in [1.807, 2.05) is 0 Å². The van der Waals surface area contributed by atoms with Crippen LogP contribution < -0.4 is 0 Å². The third-order valence-corrected chi connectivity index (χ3v) is 4.24. The van der Waals surface area contributed by atoms with Crippen LogP contribution in [0, 0.1) is 15.5 Å². The summed E-state index contributed by atoms with van der Waals surface area (Å²) < 4.78 is 5.10. The van der Waals surface area contributed by atoms with Crippen LogP contribution in [0.25, 0.3) is 0 Å². The van der Waals surface area contributed by atoms with Crippen molar-refractivity contribution in [2.45, 2.75) is 32.1 Å². The maximum atomic E-state index is 12.5. The van der Waals surface area contributed by atoms with Gasteiger partial charge < -0.3 is 4.74 Å². The molecule has 0 unspecified atom stereocenters. The van der Waals surface area contributed by atoms with Crippen LogP contribution in [0.3, 0.4) is 0 Å². The van der Waals surface area contributed by atoms with E-state index in [4.69, 9.17) is 4.74 Å². The van der Waals surface area contributed by atoms with Gasteiger partial charge in [-0.2, -0.15) is 0 Å². The van der Waals surface area contributed by atoms with E-state index in [2.05, 4.69) is 0 Å². The highest BCUT2D eigenvalue weighted by Gasteiger charge is 2.57. The van der Waals surface area contributed by atoms with Crippen molar-refractivity contribution < 1.29 is 19.2 Å². The Bertz CT molecular complexity index is 571. The zero-order valence-corrected chi connectivity index (χ0v) is 12.5. The zero-order chi connectivity index (χ0) is 16.2. The minimum absolute atomic E-state index is 0.147. The fourth-order valence-corrected chi connectivity index (χ4v) is 3.26. The molecule has 0 spiro atoms. The number of ketones is 1. The summed E-state index contributed by atoms with van der Waals surface area (Å²) in [6.07, 6.45) is 1.12. The van der Waals surface area contributed by atoms with Crippen LogP contribution >= 0.6 is 0 Å². The molecule has 0 bridgehead atoms. The lowest BCUT2D eigenvalue weighted by atomic mass is 9.70. The van der Waals surface area contributed by atoms with Crippen LogP contribution in [0.4, 0.5) is 0 Å². The van der Waals surface area contributed by atoms with Crippen LogP contribution in [0.15, 0.2) is 30.3 Å². The Balaban J connectivity index is 2.51. The maximum absolute atomic E-state index is 12.5. The number of ether oxygens (including phenoxy) is 1. The van der Waals surface area contributed by atoms with Gasteiger partial charge in [-0.15, -0.1) is 0 Å². The molecule has 6 nitrogen and oxygen atoms in total. The van der Waals surface area contributed by atoms with E-state index in [1.165, 1.54) is 0 Å². The van der Waals surface area contributed by atoms with E-state index in [-0.39, 0.29) is 18.8 Å². The van der Waals surface area contributed by atoms with Crippen LogP contribution in [0.2, 0.25) is 0 Å². The molecule has 1 saturated carbocycles. The molecule has 0 N–H and O–H groups in total. The summed E-state index contributed by atoms with van der Waals surface area (Å²) in [4.78, 5) is 35.6. The van der Waals surface area contributed by atoms with Gasteiger partial charge in [-0.3, -0.25) is 19.7 Å². The third kappa shape index (κ3) is 2.86. The molecule has 1 aromatic carbocycles. The molecular weight excluding hydrogens is 286 g/mol. The molecule has 2 rings (SSSR count). The van der Waals surface area contributed by atoms with Gasteiger partial charge in [-0.25, -0.2) is 0 Å². The molecule has 0 saturated heterocycles. The fourth-order valence-electron chi connectivity index (χ4n) is 3.26. The number of carbonyl (C=O) groups is 2. The molecule has 0 heterocycles. The summed E-state index contributed by atoms with van der Waals surface area (Å²) in [6, 6.07) is 8.74. The average molecular weight is 305 g/mol. The Morgan fingerprint density at radius 3 is 2.59 bits per heavy atom. The normalized spacial score (nSPS) is 22.3. The van der Waals surface area contributed by atoms with Crippen LogP contribution in [0.1, 0.15) is 37.7 Å². The Kier molecular flexibility index (Phi) is 4.90. The Morgan fingerprint density at radius 2 is 2.09 bits per heavy atom. The van der Waals surface area contributed by atoms with Crippen LogP contribution in [0.5, 0.6) is 0 Å². The predicted octanol–water partition coefficient (Wildman–Crippen LogP) is 2.35. The third-order valence-electron chi connectivity index (χ3n) is 4.24. The second-order valence-corrected chi connectivity index (χ2v) is 5.45. The topological polar surface area (TPSA) is 86.5 Å². The molecule has 0 amide bonds. The molecule has 6 heteroatoms. The minimum Gasteiger partial charge on any atom is -0.465 e. The number of esters is 1. The number of Topliss-reactive ketones (excluding diaryl/α,β-unsaturated/α-hetero) is 1. The standard InChI is InChI=1S/C16H19NO5/c1-2-22-15(19)16(10-6-9-14(16)18)13(11-17(20)21)12-7-4-3-5-8-12/h3-5,7-8,13H,2,6,9-11H2,1H3/t13-,16-/m0/s1. The average Bonchev–Trinajstić information content (AvgIpc) is 2.88. The molecule has 2 atom stereocenters. The lowest BCUT2D eigenvalue weighted by Crippen LogP contribution is -2.44. The lowest BCUT2D eigenvalue weighted by Gasteiger charge is -2.31. The molecule has 1 aliphatic rings. The molecule has 118 valence electrons. The summed E-state index contributed by atoms with van der Waals surface area (Å²) in [7, 11) is 0. The first-order chi connectivity index (χ1) is 10.5. The number of rotatable bonds is 6. The predicted molar refractivity (Wildman–Crippen MR) is 79.0 cm³/mol. The van der Waals surface area contributed by atoms with Gasteiger partial charge in [-0.05, 0) is 25.3 Å². The second-order valence-electron chi connectivity index (χ2n) is 5.45. The maximum Gasteiger partial charge on any atom is 0.320 e. The van der Waals surface area contributed by atoms with Crippen molar-refractivity contribution in [2.75, 3.05) is 13.2 Å². The highest BCUT2D eigenvalue weighted by molar-refractivity contribution is 6.06. The van der Waals surface area contributed by atoms with Crippen molar-refractivity contribution in [3.8, 4) is 0 Å². The quantitative estimate of drug-likeness (QED) is 0.348. The number of nitro groups is 1. The minimum atomic E-state index is -1.43. The van der Waals surface area contributed by atoms with E-state index in [0.717, 1.165) is 0 Å². The number of nitrogens with zero attached hydrogens (tertiary/aromatic N) is 1. The SMILES string of the molecule is CCOC(=O)[C@]1([C@@H](C[N+](=O)[O-])c2ccccc2)CCCC1=O. The summed E-state index contributed by atoms with van der Waals surface area (Å²) in [6.45, 7) is 1.35. The number of hydrogen-bond donors (Lipinski definition) is 0. The Labute approximate surface area is 128 Å². The molecule has 1 aliphatic carbocycles. The van der Waals surface area contributed by atoms with Gasteiger partial charge in [0.15, 0.2) is 5.78 Å². The Morgan fingerprint density at radius 1 is 1.41 bits per heavy atom. The van der Waals surface area contributed by atoms with Gasteiger partial charge in [0.2, 0.25) is 6.54 Å². The van der Waals surface area contributed by atoms with Gasteiger partial charge in [0.05, 0.1) is 12.5 Å². The second kappa shape index (κ2) is 6.68.